The number of ether oxygens (including phenoxy) is 1. The molecule has 0 bridgehead atoms. The first-order chi connectivity index (χ1) is 7.16. The van der Waals surface area contributed by atoms with Crippen molar-refractivity contribution in [1.82, 2.24) is 0 Å². The Balaban J connectivity index is 4.68. The lowest BCUT2D eigenvalue weighted by Gasteiger charge is -2.28. The lowest BCUT2D eigenvalue weighted by atomic mass is 9.77. The minimum atomic E-state index is -0.397. The zero-order chi connectivity index (χ0) is 11.7. The summed E-state index contributed by atoms with van der Waals surface area (Å²) in [7, 11) is 0. The van der Waals surface area contributed by atoms with E-state index in [1.807, 2.05) is 19.9 Å². The van der Waals surface area contributed by atoms with Gasteiger partial charge in [-0.3, -0.25) is 4.79 Å². The van der Waals surface area contributed by atoms with Crippen molar-refractivity contribution in [3.05, 3.63) is 25.3 Å². The number of carbonyl (C=O) groups excluding carboxylic acids is 1. The molecule has 0 fully saturated rings. The lowest BCUT2D eigenvalue weighted by molar-refractivity contribution is -0.156. The summed E-state index contributed by atoms with van der Waals surface area (Å²) in [6.07, 6.45) is 6.72. The smallest absolute Gasteiger partial charge is 0.312 e. The highest BCUT2D eigenvalue weighted by atomic mass is 16.5. The van der Waals surface area contributed by atoms with E-state index in [1.54, 1.807) is 6.08 Å². The fourth-order valence-corrected chi connectivity index (χ4v) is 1.69. The number of hydrogen-bond acceptors (Lipinski definition) is 2. The van der Waals surface area contributed by atoms with Crippen LogP contribution in [0.2, 0.25) is 0 Å². The topological polar surface area (TPSA) is 26.3 Å². The first-order valence-electron chi connectivity index (χ1n) is 5.55. The molecule has 2 nitrogen and oxygen atoms in total. The third-order valence-corrected chi connectivity index (χ3v) is 2.75. The van der Waals surface area contributed by atoms with E-state index in [2.05, 4.69) is 13.2 Å². The molecule has 0 radical (unpaired) electrons. The van der Waals surface area contributed by atoms with E-state index < -0.39 is 5.41 Å². The highest BCUT2D eigenvalue weighted by Gasteiger charge is 2.35. The minimum Gasteiger partial charge on any atom is -0.466 e. The Morgan fingerprint density at radius 3 is 2.40 bits per heavy atom. The van der Waals surface area contributed by atoms with Crippen molar-refractivity contribution in [1.29, 1.82) is 0 Å². The molecule has 15 heavy (non-hydrogen) atoms. The zero-order valence-corrected chi connectivity index (χ0v) is 9.92. The van der Waals surface area contributed by atoms with Crippen LogP contribution in [0.25, 0.3) is 0 Å². The van der Waals surface area contributed by atoms with E-state index in [9.17, 15) is 4.79 Å². The monoisotopic (exact) mass is 210 g/mol. The van der Waals surface area contributed by atoms with Crippen LogP contribution in [-0.4, -0.2) is 12.6 Å². The average molecular weight is 210 g/mol. The summed E-state index contributed by atoms with van der Waals surface area (Å²) < 4.78 is 5.13. The van der Waals surface area contributed by atoms with Crippen molar-refractivity contribution in [2.45, 2.75) is 39.5 Å². The summed E-state index contributed by atoms with van der Waals surface area (Å²) in [5.41, 5.74) is -0.397. The zero-order valence-electron chi connectivity index (χ0n) is 9.92. The number of esters is 1. The van der Waals surface area contributed by atoms with Crippen LogP contribution in [0.4, 0.5) is 0 Å². The van der Waals surface area contributed by atoms with Gasteiger partial charge in [0.25, 0.3) is 0 Å². The van der Waals surface area contributed by atoms with Crippen LogP contribution < -0.4 is 0 Å². The fraction of sp³-hybridized carbons (Fsp3) is 0.615. The Morgan fingerprint density at radius 2 is 2.00 bits per heavy atom. The summed E-state index contributed by atoms with van der Waals surface area (Å²) >= 11 is 0. The second-order valence-corrected chi connectivity index (χ2v) is 3.67. The predicted molar refractivity (Wildman–Crippen MR) is 63.6 cm³/mol. The van der Waals surface area contributed by atoms with E-state index in [4.69, 9.17) is 4.74 Å². The molecule has 0 aromatic rings. The van der Waals surface area contributed by atoms with E-state index >= 15 is 0 Å². The van der Waals surface area contributed by atoms with Crippen molar-refractivity contribution in [2.75, 3.05) is 6.61 Å². The van der Waals surface area contributed by atoms with Crippen LogP contribution >= 0.6 is 0 Å². The number of allylic oxidation sites excluding steroid dienone is 2. The van der Waals surface area contributed by atoms with E-state index in [0.29, 0.717) is 13.0 Å². The minimum absolute atomic E-state index is 0.103. The van der Waals surface area contributed by atoms with E-state index in [-0.39, 0.29) is 5.97 Å². The Hall–Kier alpha value is -1.05. The second-order valence-electron chi connectivity index (χ2n) is 3.67. The highest BCUT2D eigenvalue weighted by Crippen LogP contribution is 2.34. The summed E-state index contributed by atoms with van der Waals surface area (Å²) in [5, 5.41) is 0. The van der Waals surface area contributed by atoms with Crippen molar-refractivity contribution >= 4 is 5.97 Å². The molecule has 0 rings (SSSR count). The number of rotatable bonds is 8. The van der Waals surface area contributed by atoms with Crippen LogP contribution in [0.15, 0.2) is 25.3 Å². The molecular formula is C13H22O2. The van der Waals surface area contributed by atoms with Gasteiger partial charge < -0.3 is 4.74 Å². The standard InChI is InChI=1S/C13H22O2/c1-5-9-11-13(7-3,10-6-2)12(14)15-8-4/h5-6H,1-2,7-11H2,3-4H3. The molecule has 1 atom stereocenters. The van der Waals surface area contributed by atoms with Gasteiger partial charge in [-0.2, -0.15) is 0 Å². The van der Waals surface area contributed by atoms with Crippen molar-refractivity contribution in [3.63, 3.8) is 0 Å². The molecule has 0 saturated carbocycles. The van der Waals surface area contributed by atoms with Gasteiger partial charge >= 0.3 is 5.97 Å². The summed E-state index contributed by atoms with van der Waals surface area (Å²) in [6.45, 7) is 11.7. The molecule has 0 aliphatic heterocycles. The lowest BCUT2D eigenvalue weighted by Crippen LogP contribution is -2.32. The van der Waals surface area contributed by atoms with Gasteiger partial charge in [-0.15, -0.1) is 13.2 Å². The second kappa shape index (κ2) is 7.27. The van der Waals surface area contributed by atoms with Gasteiger partial charge in [0.15, 0.2) is 0 Å². The highest BCUT2D eigenvalue weighted by molar-refractivity contribution is 5.77. The SMILES string of the molecule is C=CCCC(CC)(CC=C)C(=O)OCC. The molecule has 0 aromatic heterocycles. The third-order valence-electron chi connectivity index (χ3n) is 2.75. The van der Waals surface area contributed by atoms with Crippen molar-refractivity contribution in [3.8, 4) is 0 Å². The normalized spacial score (nSPS) is 14.0. The summed E-state index contributed by atoms with van der Waals surface area (Å²) in [5.74, 6) is -0.103. The first-order valence-corrected chi connectivity index (χ1v) is 5.55. The van der Waals surface area contributed by atoms with E-state index in [0.717, 1.165) is 19.3 Å². The maximum Gasteiger partial charge on any atom is 0.312 e. The van der Waals surface area contributed by atoms with Gasteiger partial charge in [0, 0.05) is 0 Å². The van der Waals surface area contributed by atoms with Gasteiger partial charge in [-0.25, -0.2) is 0 Å². The van der Waals surface area contributed by atoms with Gasteiger partial charge in [0.1, 0.15) is 0 Å². The number of carbonyl (C=O) groups is 1. The van der Waals surface area contributed by atoms with Crippen molar-refractivity contribution in [2.24, 2.45) is 5.41 Å². The van der Waals surface area contributed by atoms with Crippen LogP contribution in [0.1, 0.15) is 39.5 Å². The first kappa shape index (κ1) is 13.9. The average Bonchev–Trinajstić information content (AvgIpc) is 2.24. The molecule has 1 unspecified atom stereocenters. The summed E-state index contributed by atoms with van der Waals surface area (Å²) in [6, 6.07) is 0. The van der Waals surface area contributed by atoms with Crippen LogP contribution in [0.5, 0.6) is 0 Å². The Kier molecular flexibility index (Phi) is 6.76. The van der Waals surface area contributed by atoms with Gasteiger partial charge in [0.2, 0.25) is 0 Å². The summed E-state index contributed by atoms with van der Waals surface area (Å²) in [4.78, 5) is 11.9. The number of hydrogen-bond donors (Lipinski definition) is 0. The largest absolute Gasteiger partial charge is 0.466 e. The Labute approximate surface area is 93.0 Å². The molecule has 0 N–H and O–H groups in total. The Bertz CT molecular complexity index is 221. The van der Waals surface area contributed by atoms with Gasteiger partial charge in [0.05, 0.1) is 12.0 Å². The molecule has 0 aliphatic carbocycles. The molecule has 0 heterocycles. The predicted octanol–water partition coefficient (Wildman–Crippen LogP) is 3.49. The van der Waals surface area contributed by atoms with Crippen molar-refractivity contribution < 1.29 is 9.53 Å². The van der Waals surface area contributed by atoms with Crippen LogP contribution in [-0.2, 0) is 9.53 Å². The third kappa shape index (κ3) is 3.90. The maximum atomic E-state index is 11.9. The molecular weight excluding hydrogens is 188 g/mol. The molecule has 86 valence electrons. The van der Waals surface area contributed by atoms with Gasteiger partial charge in [-0.05, 0) is 32.6 Å². The molecule has 0 amide bonds. The molecule has 0 spiro atoms. The molecule has 0 aromatic carbocycles. The fourth-order valence-electron chi connectivity index (χ4n) is 1.69. The quantitative estimate of drug-likeness (QED) is 0.453. The van der Waals surface area contributed by atoms with Gasteiger partial charge in [-0.1, -0.05) is 19.1 Å². The Morgan fingerprint density at radius 1 is 1.33 bits per heavy atom. The van der Waals surface area contributed by atoms with Crippen LogP contribution in [0.3, 0.4) is 0 Å². The van der Waals surface area contributed by atoms with Crippen LogP contribution in [0, 0.1) is 5.41 Å². The molecule has 2 heteroatoms. The molecule has 0 saturated heterocycles. The molecule has 0 aliphatic rings. The maximum absolute atomic E-state index is 11.9. The van der Waals surface area contributed by atoms with E-state index in [1.165, 1.54) is 0 Å².